The van der Waals surface area contributed by atoms with E-state index in [1.807, 2.05) is 49.4 Å². The third-order valence-electron chi connectivity index (χ3n) is 3.83. The van der Waals surface area contributed by atoms with Crippen LogP contribution in [0.3, 0.4) is 0 Å². The van der Waals surface area contributed by atoms with E-state index in [1.165, 1.54) is 5.39 Å². The maximum absolute atomic E-state index is 12.0. The van der Waals surface area contributed by atoms with Crippen LogP contribution >= 0.6 is 11.6 Å². The van der Waals surface area contributed by atoms with Crippen molar-refractivity contribution in [2.24, 2.45) is 5.10 Å². The lowest BCUT2D eigenvalue weighted by Gasteiger charge is -2.08. The Labute approximate surface area is 151 Å². The number of rotatable bonds is 5. The molecule has 0 aliphatic carbocycles. The summed E-state index contributed by atoms with van der Waals surface area (Å²) in [6.45, 7) is 1.96. The zero-order chi connectivity index (χ0) is 17.6. The summed E-state index contributed by atoms with van der Waals surface area (Å²) >= 11 is 6.04. The Morgan fingerprint density at radius 3 is 2.52 bits per heavy atom. The number of hydrogen-bond acceptors (Lipinski definition) is 3. The summed E-state index contributed by atoms with van der Waals surface area (Å²) in [6.07, 6.45) is 0. The smallest absolute Gasteiger partial charge is 0.259 e. The number of hydrogen-bond donors (Lipinski definition) is 2. The van der Waals surface area contributed by atoms with Gasteiger partial charge in [-0.05, 0) is 41.5 Å². The van der Waals surface area contributed by atoms with E-state index in [2.05, 4.69) is 34.0 Å². The van der Waals surface area contributed by atoms with Gasteiger partial charge in [0.05, 0.1) is 23.0 Å². The molecule has 0 aromatic heterocycles. The fraction of sp³-hybridized carbons (Fsp3) is 0.100. The second-order valence-corrected chi connectivity index (χ2v) is 6.03. The molecule has 126 valence electrons. The van der Waals surface area contributed by atoms with Crippen molar-refractivity contribution in [3.05, 3.63) is 77.3 Å². The summed E-state index contributed by atoms with van der Waals surface area (Å²) in [6, 6.07) is 21.5. The molecule has 0 saturated carbocycles. The van der Waals surface area contributed by atoms with Crippen molar-refractivity contribution in [2.75, 3.05) is 11.9 Å². The number of benzene rings is 3. The van der Waals surface area contributed by atoms with Crippen molar-refractivity contribution in [2.45, 2.75) is 6.92 Å². The predicted octanol–water partition coefficient (Wildman–Crippen LogP) is 4.45. The number of amides is 1. The molecule has 0 atom stereocenters. The van der Waals surface area contributed by atoms with E-state index in [-0.39, 0.29) is 12.5 Å². The number of halogens is 1. The molecule has 0 aliphatic heterocycles. The fourth-order valence-corrected chi connectivity index (χ4v) is 2.65. The van der Waals surface area contributed by atoms with E-state index in [4.69, 9.17) is 11.6 Å². The van der Waals surface area contributed by atoms with E-state index < -0.39 is 0 Å². The van der Waals surface area contributed by atoms with Crippen LogP contribution < -0.4 is 10.7 Å². The second kappa shape index (κ2) is 7.81. The van der Waals surface area contributed by atoms with Gasteiger partial charge in [0.15, 0.2) is 0 Å². The van der Waals surface area contributed by atoms with Crippen LogP contribution in [0, 0.1) is 0 Å². The van der Waals surface area contributed by atoms with Gasteiger partial charge < -0.3 is 5.32 Å². The molecule has 3 aromatic carbocycles. The molecule has 3 aromatic rings. The molecule has 0 unspecified atom stereocenters. The molecule has 4 nitrogen and oxygen atoms in total. The molecule has 0 aliphatic rings. The highest BCUT2D eigenvalue weighted by Crippen LogP contribution is 2.20. The average Bonchev–Trinajstić information content (AvgIpc) is 2.65. The van der Waals surface area contributed by atoms with Crippen LogP contribution in [-0.4, -0.2) is 18.2 Å². The molecule has 25 heavy (non-hydrogen) atoms. The highest BCUT2D eigenvalue weighted by molar-refractivity contribution is 6.33. The van der Waals surface area contributed by atoms with Crippen molar-refractivity contribution in [3.63, 3.8) is 0 Å². The number of nitrogens with one attached hydrogen (secondary N) is 2. The number of carbonyl (C=O) groups is 1. The minimum atomic E-state index is -0.236. The first-order valence-corrected chi connectivity index (χ1v) is 8.32. The van der Waals surface area contributed by atoms with Gasteiger partial charge in [-0.25, -0.2) is 5.43 Å². The van der Waals surface area contributed by atoms with Crippen molar-refractivity contribution in [1.29, 1.82) is 0 Å². The first-order valence-electron chi connectivity index (χ1n) is 7.94. The largest absolute Gasteiger partial charge is 0.375 e. The highest BCUT2D eigenvalue weighted by Gasteiger charge is 2.04. The Hall–Kier alpha value is -2.85. The van der Waals surface area contributed by atoms with Crippen molar-refractivity contribution in [3.8, 4) is 0 Å². The molecule has 3 rings (SSSR count). The minimum Gasteiger partial charge on any atom is -0.375 e. The van der Waals surface area contributed by atoms with E-state index in [1.54, 1.807) is 6.07 Å². The monoisotopic (exact) mass is 351 g/mol. The zero-order valence-electron chi connectivity index (χ0n) is 13.8. The molecular formula is C20H18ClN3O. The van der Waals surface area contributed by atoms with Crippen LogP contribution in [0.5, 0.6) is 0 Å². The van der Waals surface area contributed by atoms with Crippen LogP contribution in [-0.2, 0) is 4.79 Å². The molecule has 0 fully saturated rings. The molecule has 0 saturated heterocycles. The Kier molecular flexibility index (Phi) is 5.31. The SMILES string of the molecule is CC(=NNC(=O)CNc1ccccc1Cl)c1ccc2ccccc2c1. The molecule has 1 amide bonds. The first-order chi connectivity index (χ1) is 12.1. The number of anilines is 1. The van der Waals surface area contributed by atoms with Crippen molar-refractivity contribution >= 4 is 39.7 Å². The first kappa shape index (κ1) is 17.0. The molecule has 0 heterocycles. The summed E-state index contributed by atoms with van der Waals surface area (Å²) in [7, 11) is 0. The molecule has 5 heteroatoms. The predicted molar refractivity (Wildman–Crippen MR) is 104 cm³/mol. The Bertz CT molecular complexity index is 937. The zero-order valence-corrected chi connectivity index (χ0v) is 14.5. The van der Waals surface area contributed by atoms with Crippen LogP contribution in [0.2, 0.25) is 5.02 Å². The van der Waals surface area contributed by atoms with Gasteiger partial charge >= 0.3 is 0 Å². The lowest BCUT2D eigenvalue weighted by molar-refractivity contribution is -0.119. The van der Waals surface area contributed by atoms with Gasteiger partial charge in [-0.3, -0.25) is 4.79 Å². The molecule has 0 bridgehead atoms. The standard InChI is InChI=1S/C20H18ClN3O/c1-14(16-11-10-15-6-2-3-7-17(15)12-16)23-24-20(25)13-22-19-9-5-4-8-18(19)21/h2-12,22H,13H2,1H3,(H,24,25). The van der Waals surface area contributed by atoms with Gasteiger partial charge in [0.25, 0.3) is 5.91 Å². The Morgan fingerprint density at radius 2 is 1.72 bits per heavy atom. The maximum atomic E-state index is 12.0. The van der Waals surface area contributed by atoms with Gasteiger partial charge in [-0.2, -0.15) is 5.10 Å². The summed E-state index contributed by atoms with van der Waals surface area (Å²) in [5.41, 5.74) is 5.00. The van der Waals surface area contributed by atoms with Crippen LogP contribution in [0.4, 0.5) is 5.69 Å². The Morgan fingerprint density at radius 1 is 1.00 bits per heavy atom. The van der Waals surface area contributed by atoms with Crippen molar-refractivity contribution in [1.82, 2.24) is 5.43 Å². The fourth-order valence-electron chi connectivity index (χ4n) is 2.44. The molecular weight excluding hydrogens is 334 g/mol. The Balaban J connectivity index is 1.62. The lowest BCUT2D eigenvalue weighted by atomic mass is 10.0. The molecule has 2 N–H and O–H groups in total. The topological polar surface area (TPSA) is 53.5 Å². The van der Waals surface area contributed by atoms with Crippen LogP contribution in [0.25, 0.3) is 10.8 Å². The summed E-state index contributed by atoms with van der Waals surface area (Å²) < 4.78 is 0. The van der Waals surface area contributed by atoms with E-state index in [0.29, 0.717) is 5.02 Å². The molecule has 0 spiro atoms. The number of carbonyl (C=O) groups excluding carboxylic acids is 1. The van der Waals surface area contributed by atoms with E-state index in [9.17, 15) is 4.79 Å². The second-order valence-electron chi connectivity index (χ2n) is 5.63. The molecule has 0 radical (unpaired) electrons. The van der Waals surface area contributed by atoms with Gasteiger partial charge in [-0.15, -0.1) is 0 Å². The number of fused-ring (bicyclic) bond motifs is 1. The van der Waals surface area contributed by atoms with Gasteiger partial charge in [0.2, 0.25) is 0 Å². The third kappa shape index (κ3) is 4.37. The highest BCUT2D eigenvalue weighted by atomic mass is 35.5. The van der Waals surface area contributed by atoms with Crippen LogP contribution in [0.15, 0.2) is 71.8 Å². The maximum Gasteiger partial charge on any atom is 0.259 e. The van der Waals surface area contributed by atoms with Crippen LogP contribution in [0.1, 0.15) is 12.5 Å². The van der Waals surface area contributed by atoms with Gasteiger partial charge in [-0.1, -0.05) is 60.1 Å². The van der Waals surface area contributed by atoms with Crippen molar-refractivity contribution < 1.29 is 4.79 Å². The number of nitrogens with zero attached hydrogens (tertiary/aromatic N) is 1. The normalized spacial score (nSPS) is 11.4. The lowest BCUT2D eigenvalue weighted by Crippen LogP contribution is -2.26. The van der Waals surface area contributed by atoms with Gasteiger partial charge in [0, 0.05) is 0 Å². The quantitative estimate of drug-likeness (QED) is 0.527. The minimum absolute atomic E-state index is 0.0955. The average molecular weight is 352 g/mol. The number of hydrazone groups is 1. The summed E-state index contributed by atoms with van der Waals surface area (Å²) in [5.74, 6) is -0.236. The summed E-state index contributed by atoms with van der Waals surface area (Å²) in [5, 5.41) is 10.1. The van der Waals surface area contributed by atoms with Gasteiger partial charge in [0.1, 0.15) is 0 Å². The van der Waals surface area contributed by atoms with E-state index >= 15 is 0 Å². The summed E-state index contributed by atoms with van der Waals surface area (Å²) in [4.78, 5) is 12.0. The van der Waals surface area contributed by atoms with E-state index in [0.717, 1.165) is 22.3 Å². The third-order valence-corrected chi connectivity index (χ3v) is 4.16. The number of para-hydroxylation sites is 1.